The Morgan fingerprint density at radius 2 is 1.50 bits per heavy atom. The van der Waals surface area contributed by atoms with Gasteiger partial charge in [0.15, 0.2) is 0 Å². The Balaban J connectivity index is 2.00. The Morgan fingerprint density at radius 1 is 0.846 bits per heavy atom. The van der Waals surface area contributed by atoms with Crippen LogP contribution < -0.4 is 16.0 Å². The molecule has 0 radical (unpaired) electrons. The third kappa shape index (κ3) is 5.62. The molecule has 0 atom stereocenters. The normalized spacial score (nSPS) is 9.92. The molecule has 0 aliphatic heterocycles. The minimum atomic E-state index is -0.546. The zero-order valence-corrected chi connectivity index (χ0v) is 14.7. The molecule has 0 aliphatic carbocycles. The van der Waals surface area contributed by atoms with Gasteiger partial charge >= 0.3 is 6.09 Å². The molecule has 2 aromatic carbocycles. The van der Waals surface area contributed by atoms with E-state index in [0.717, 1.165) is 0 Å². The van der Waals surface area contributed by atoms with Gasteiger partial charge in [0, 0.05) is 29.0 Å². The summed E-state index contributed by atoms with van der Waals surface area (Å²) in [6.45, 7) is 3.77. The van der Waals surface area contributed by atoms with Crippen LogP contribution in [0, 0.1) is 0 Å². The lowest BCUT2D eigenvalue weighted by Crippen LogP contribution is -2.14. The van der Waals surface area contributed by atoms with Crippen LogP contribution in [0.1, 0.15) is 30.6 Å². The smallest absolute Gasteiger partial charge is 0.411 e. The molecule has 0 aromatic heterocycles. The molecule has 3 amide bonds. The lowest BCUT2D eigenvalue weighted by Gasteiger charge is -2.09. The van der Waals surface area contributed by atoms with Crippen molar-refractivity contribution in [3.63, 3.8) is 0 Å². The van der Waals surface area contributed by atoms with Gasteiger partial charge in [-0.25, -0.2) is 4.79 Å². The zero-order chi connectivity index (χ0) is 18.9. The fraction of sp³-hybridized carbons (Fsp3) is 0.211. The van der Waals surface area contributed by atoms with Crippen LogP contribution in [-0.2, 0) is 9.53 Å². The Labute approximate surface area is 151 Å². The third-order valence-electron chi connectivity index (χ3n) is 3.39. The van der Waals surface area contributed by atoms with Crippen molar-refractivity contribution in [2.24, 2.45) is 0 Å². The summed E-state index contributed by atoms with van der Waals surface area (Å²) in [4.78, 5) is 35.1. The summed E-state index contributed by atoms with van der Waals surface area (Å²) in [7, 11) is 0. The number of nitrogens with one attached hydrogen (secondary N) is 3. The highest BCUT2D eigenvalue weighted by Crippen LogP contribution is 2.17. The molecule has 0 aliphatic rings. The van der Waals surface area contributed by atoms with E-state index in [-0.39, 0.29) is 18.4 Å². The van der Waals surface area contributed by atoms with Gasteiger partial charge in [0.2, 0.25) is 5.91 Å². The van der Waals surface area contributed by atoms with E-state index in [1.54, 1.807) is 62.4 Å². The number of ether oxygens (including phenoxy) is 1. The first-order chi connectivity index (χ1) is 12.5. The number of anilines is 3. The highest BCUT2D eigenvalue weighted by molar-refractivity contribution is 6.05. The Bertz CT molecular complexity index is 788. The lowest BCUT2D eigenvalue weighted by molar-refractivity contribution is -0.115. The first-order valence-corrected chi connectivity index (χ1v) is 8.27. The summed E-state index contributed by atoms with van der Waals surface area (Å²) >= 11 is 0. The standard InChI is InChI=1S/C19H21N3O4/c1-3-17(23)20-15-6-5-7-16(12-15)21-18(24)13-8-10-14(11-9-13)22-19(25)26-4-2/h5-12H,3-4H2,1-2H3,(H,20,23)(H,21,24)(H,22,25). The molecule has 7 nitrogen and oxygen atoms in total. The van der Waals surface area contributed by atoms with E-state index in [2.05, 4.69) is 16.0 Å². The molecule has 7 heteroatoms. The van der Waals surface area contributed by atoms with Gasteiger partial charge in [-0.05, 0) is 49.4 Å². The van der Waals surface area contributed by atoms with Crippen molar-refractivity contribution < 1.29 is 19.1 Å². The quantitative estimate of drug-likeness (QED) is 0.733. The second-order valence-corrected chi connectivity index (χ2v) is 5.36. The van der Waals surface area contributed by atoms with Gasteiger partial charge in [-0.3, -0.25) is 14.9 Å². The van der Waals surface area contributed by atoms with Crippen LogP contribution in [0.4, 0.5) is 21.9 Å². The fourth-order valence-electron chi connectivity index (χ4n) is 2.12. The maximum atomic E-state index is 12.3. The summed E-state index contributed by atoms with van der Waals surface area (Å²) in [6.07, 6.45) is -0.168. The third-order valence-corrected chi connectivity index (χ3v) is 3.39. The molecule has 0 saturated carbocycles. The van der Waals surface area contributed by atoms with Crippen LogP contribution in [0.15, 0.2) is 48.5 Å². The predicted octanol–water partition coefficient (Wildman–Crippen LogP) is 3.86. The van der Waals surface area contributed by atoms with E-state index >= 15 is 0 Å². The molecular weight excluding hydrogens is 334 g/mol. The molecule has 0 spiro atoms. The number of benzene rings is 2. The van der Waals surface area contributed by atoms with Crippen molar-refractivity contribution in [2.45, 2.75) is 20.3 Å². The topological polar surface area (TPSA) is 96.5 Å². The van der Waals surface area contributed by atoms with Gasteiger partial charge in [0.25, 0.3) is 5.91 Å². The molecule has 2 rings (SSSR count). The highest BCUT2D eigenvalue weighted by Gasteiger charge is 2.08. The maximum absolute atomic E-state index is 12.3. The van der Waals surface area contributed by atoms with Gasteiger partial charge in [-0.15, -0.1) is 0 Å². The van der Waals surface area contributed by atoms with Gasteiger partial charge in [-0.2, -0.15) is 0 Å². The van der Waals surface area contributed by atoms with Crippen LogP contribution in [-0.4, -0.2) is 24.5 Å². The van der Waals surface area contributed by atoms with E-state index in [1.165, 1.54) is 0 Å². The number of carbonyl (C=O) groups excluding carboxylic acids is 3. The Kier molecular flexibility index (Phi) is 6.73. The highest BCUT2D eigenvalue weighted by atomic mass is 16.5. The van der Waals surface area contributed by atoms with Crippen molar-refractivity contribution in [2.75, 3.05) is 22.6 Å². The average molecular weight is 355 g/mol. The van der Waals surface area contributed by atoms with E-state index in [9.17, 15) is 14.4 Å². The first kappa shape index (κ1) is 19.0. The van der Waals surface area contributed by atoms with Crippen molar-refractivity contribution >= 4 is 35.0 Å². The van der Waals surface area contributed by atoms with Crippen molar-refractivity contribution in [1.29, 1.82) is 0 Å². The fourth-order valence-corrected chi connectivity index (χ4v) is 2.12. The molecule has 0 unspecified atom stereocenters. The van der Waals surface area contributed by atoms with E-state index in [0.29, 0.717) is 29.0 Å². The molecule has 2 aromatic rings. The summed E-state index contributed by atoms with van der Waals surface area (Å²) < 4.78 is 4.79. The monoisotopic (exact) mass is 355 g/mol. The molecular formula is C19H21N3O4. The first-order valence-electron chi connectivity index (χ1n) is 8.27. The summed E-state index contributed by atoms with van der Waals surface area (Å²) in [5.74, 6) is -0.398. The molecule has 0 saturated heterocycles. The second kappa shape index (κ2) is 9.22. The molecule has 0 bridgehead atoms. The van der Waals surface area contributed by atoms with Gasteiger partial charge in [-0.1, -0.05) is 13.0 Å². The Hall–Kier alpha value is -3.35. The number of hydrogen-bond acceptors (Lipinski definition) is 4. The summed E-state index contributed by atoms with van der Waals surface area (Å²) in [5, 5.41) is 8.06. The van der Waals surface area contributed by atoms with Crippen LogP contribution in [0.5, 0.6) is 0 Å². The van der Waals surface area contributed by atoms with Crippen molar-refractivity contribution in [3.8, 4) is 0 Å². The number of carbonyl (C=O) groups is 3. The Morgan fingerprint density at radius 3 is 2.12 bits per heavy atom. The van der Waals surface area contributed by atoms with Crippen molar-refractivity contribution in [3.05, 3.63) is 54.1 Å². The summed E-state index contributed by atoms with van der Waals surface area (Å²) in [6, 6.07) is 13.3. The lowest BCUT2D eigenvalue weighted by atomic mass is 10.2. The number of rotatable bonds is 6. The van der Waals surface area contributed by atoms with Crippen LogP contribution in [0.2, 0.25) is 0 Å². The zero-order valence-electron chi connectivity index (χ0n) is 14.7. The molecule has 26 heavy (non-hydrogen) atoms. The minimum Gasteiger partial charge on any atom is -0.450 e. The SMILES string of the molecule is CCOC(=O)Nc1ccc(C(=O)Nc2cccc(NC(=O)CC)c2)cc1. The number of amides is 3. The van der Waals surface area contributed by atoms with E-state index in [4.69, 9.17) is 4.74 Å². The van der Waals surface area contributed by atoms with Gasteiger partial charge in [0.1, 0.15) is 0 Å². The average Bonchev–Trinajstić information content (AvgIpc) is 2.62. The molecule has 136 valence electrons. The van der Waals surface area contributed by atoms with Gasteiger partial charge < -0.3 is 15.4 Å². The predicted molar refractivity (Wildman–Crippen MR) is 100 cm³/mol. The second-order valence-electron chi connectivity index (χ2n) is 5.36. The molecule has 0 heterocycles. The van der Waals surface area contributed by atoms with E-state index < -0.39 is 6.09 Å². The molecule has 0 fully saturated rings. The minimum absolute atomic E-state index is 0.0989. The van der Waals surface area contributed by atoms with Crippen LogP contribution in [0.25, 0.3) is 0 Å². The van der Waals surface area contributed by atoms with Crippen LogP contribution in [0.3, 0.4) is 0 Å². The number of hydrogen-bond donors (Lipinski definition) is 3. The van der Waals surface area contributed by atoms with Crippen LogP contribution >= 0.6 is 0 Å². The van der Waals surface area contributed by atoms with E-state index in [1.807, 2.05) is 0 Å². The van der Waals surface area contributed by atoms with Crippen molar-refractivity contribution in [1.82, 2.24) is 0 Å². The summed E-state index contributed by atoms with van der Waals surface area (Å²) in [5.41, 5.74) is 2.15. The largest absolute Gasteiger partial charge is 0.450 e. The molecule has 3 N–H and O–H groups in total. The van der Waals surface area contributed by atoms with Gasteiger partial charge in [0.05, 0.1) is 6.61 Å². The maximum Gasteiger partial charge on any atom is 0.411 e.